The van der Waals surface area contributed by atoms with Crippen LogP contribution >= 0.6 is 0 Å². The predicted molar refractivity (Wildman–Crippen MR) is 130 cm³/mol. The molecule has 0 aliphatic heterocycles. The molecule has 12 heteroatoms. The van der Waals surface area contributed by atoms with E-state index in [1.807, 2.05) is 0 Å². The van der Waals surface area contributed by atoms with Crippen LogP contribution in [-0.2, 0) is 20.8 Å². The van der Waals surface area contributed by atoms with E-state index >= 15 is 0 Å². The molecule has 1 amide bonds. The van der Waals surface area contributed by atoms with Crippen LogP contribution in [0.1, 0.15) is 17.5 Å². The highest BCUT2D eigenvalue weighted by molar-refractivity contribution is 6.24. The number of fused-ring (bicyclic) bond motifs is 3. The van der Waals surface area contributed by atoms with Gasteiger partial charge in [-0.3, -0.25) is 19.3 Å². The van der Waals surface area contributed by atoms with Gasteiger partial charge in [0, 0.05) is 29.4 Å². The summed E-state index contributed by atoms with van der Waals surface area (Å²) in [6.07, 6.45) is 3.13. The highest BCUT2D eigenvalue weighted by Gasteiger charge is 2.64. The Morgan fingerprint density at radius 3 is 2.41 bits per heavy atom. The Bertz CT molecular complexity index is 1450. The number of carbonyl (C=O) groups is 3. The summed E-state index contributed by atoms with van der Waals surface area (Å²) < 4.78 is 0. The first-order valence-corrected chi connectivity index (χ1v) is 11.5. The van der Waals surface area contributed by atoms with Gasteiger partial charge in [0.25, 0.3) is 5.91 Å². The summed E-state index contributed by atoms with van der Waals surface area (Å²) >= 11 is 0. The number of aliphatic hydroxyl groups excluding tert-OH is 2. The van der Waals surface area contributed by atoms with Gasteiger partial charge in [0.05, 0.1) is 17.3 Å². The number of primary amides is 1. The number of hydrogen-bond acceptors (Lipinski definition) is 11. The molecule has 1 aromatic heterocycles. The molecule has 0 bridgehead atoms. The van der Waals surface area contributed by atoms with Gasteiger partial charge in [-0.15, -0.1) is 0 Å². The zero-order chi connectivity index (χ0) is 27.0. The van der Waals surface area contributed by atoms with E-state index in [0.717, 1.165) is 0 Å². The zero-order valence-corrected chi connectivity index (χ0v) is 20.0. The highest BCUT2D eigenvalue weighted by atomic mass is 16.3. The molecule has 0 unspecified atom stereocenters. The highest BCUT2D eigenvalue weighted by Crippen LogP contribution is 2.54. The van der Waals surface area contributed by atoms with Crippen molar-refractivity contribution >= 4 is 28.9 Å². The first-order chi connectivity index (χ1) is 17.4. The van der Waals surface area contributed by atoms with E-state index < -0.39 is 63.8 Å². The third kappa shape index (κ3) is 3.19. The Kier molecular flexibility index (Phi) is 5.35. The molecule has 4 atom stereocenters. The van der Waals surface area contributed by atoms with Crippen LogP contribution in [0.2, 0.25) is 0 Å². The summed E-state index contributed by atoms with van der Waals surface area (Å²) in [7, 11) is 3.08. The van der Waals surface area contributed by atoms with E-state index in [-0.39, 0.29) is 35.5 Å². The van der Waals surface area contributed by atoms with E-state index in [4.69, 9.17) is 11.5 Å². The van der Waals surface area contributed by atoms with E-state index in [9.17, 15) is 34.8 Å². The largest absolute Gasteiger partial charge is 0.508 e. The summed E-state index contributed by atoms with van der Waals surface area (Å²) in [4.78, 5) is 49.0. The van der Waals surface area contributed by atoms with Gasteiger partial charge in [0.2, 0.25) is 5.78 Å². The van der Waals surface area contributed by atoms with Crippen molar-refractivity contribution in [3.05, 3.63) is 52.6 Å². The number of phenolic OH excluding ortho intramolecular Hbond substituents is 1. The van der Waals surface area contributed by atoms with Crippen LogP contribution in [0.3, 0.4) is 0 Å². The molecule has 1 fully saturated rings. The van der Waals surface area contributed by atoms with Gasteiger partial charge in [-0.2, -0.15) is 0 Å². The minimum Gasteiger partial charge on any atom is -0.508 e. The van der Waals surface area contributed by atoms with Crippen molar-refractivity contribution in [2.75, 3.05) is 19.8 Å². The average molecular weight is 508 g/mol. The number of rotatable bonds is 3. The van der Waals surface area contributed by atoms with Crippen molar-refractivity contribution in [1.29, 1.82) is 0 Å². The van der Waals surface area contributed by atoms with Gasteiger partial charge in [-0.1, -0.05) is 0 Å². The molecule has 12 nitrogen and oxygen atoms in total. The number of phenols is 1. The van der Waals surface area contributed by atoms with Gasteiger partial charge in [-0.05, 0) is 50.6 Å². The number of amides is 1. The number of carbonyl (C=O) groups excluding carboxylic acids is 3. The van der Waals surface area contributed by atoms with Crippen LogP contribution in [0.5, 0.6) is 5.75 Å². The lowest BCUT2D eigenvalue weighted by atomic mass is 9.57. The fourth-order valence-electron chi connectivity index (χ4n) is 5.97. The maximum absolute atomic E-state index is 13.9. The van der Waals surface area contributed by atoms with Crippen LogP contribution < -0.4 is 11.5 Å². The Labute approximate surface area is 210 Å². The molecule has 8 N–H and O–H groups in total. The normalized spacial score (nSPS) is 27.2. The van der Waals surface area contributed by atoms with Crippen molar-refractivity contribution in [2.45, 2.75) is 24.5 Å². The third-order valence-corrected chi connectivity index (χ3v) is 7.56. The number of Topliss-reactive ketones (excluding diaryl/α,β-unsaturated/α-hetero) is 2. The third-order valence-electron chi connectivity index (χ3n) is 7.56. The molecule has 0 spiro atoms. The number of nitrogens with zero attached hydrogens (tertiary/aromatic N) is 3. The van der Waals surface area contributed by atoms with Crippen molar-refractivity contribution in [3.63, 3.8) is 0 Å². The molecule has 1 saturated carbocycles. The van der Waals surface area contributed by atoms with E-state index in [0.29, 0.717) is 11.1 Å². The summed E-state index contributed by atoms with van der Waals surface area (Å²) in [6.45, 7) is 0. The molecular formula is C25H25N5O7. The molecule has 37 heavy (non-hydrogen) atoms. The number of nitrogen functional groups attached to an aromatic ring is 1. The molecule has 1 heterocycles. The molecular weight excluding hydrogens is 482 g/mol. The lowest BCUT2D eigenvalue weighted by Crippen LogP contribution is -2.65. The summed E-state index contributed by atoms with van der Waals surface area (Å²) in [5, 5.41) is 44.6. The maximum Gasteiger partial charge on any atom is 0.255 e. The first-order valence-electron chi connectivity index (χ1n) is 11.5. The van der Waals surface area contributed by atoms with Crippen LogP contribution in [-0.4, -0.2) is 78.5 Å². The monoisotopic (exact) mass is 507 g/mol. The number of likely N-dealkylation sites (N-methyl/N-ethyl adjacent to an activating group) is 1. The molecule has 1 aromatic carbocycles. The molecule has 0 saturated heterocycles. The Balaban J connectivity index is 1.77. The lowest BCUT2D eigenvalue weighted by Gasteiger charge is -2.50. The number of benzene rings is 1. The van der Waals surface area contributed by atoms with Gasteiger partial charge < -0.3 is 31.9 Å². The Morgan fingerprint density at radius 2 is 1.81 bits per heavy atom. The fourth-order valence-corrected chi connectivity index (χ4v) is 5.97. The smallest absolute Gasteiger partial charge is 0.255 e. The minimum absolute atomic E-state index is 0.0218. The average Bonchev–Trinajstić information content (AvgIpc) is 2.83. The number of nitrogens with two attached hydrogens (primary N) is 2. The van der Waals surface area contributed by atoms with Gasteiger partial charge >= 0.3 is 0 Å². The summed E-state index contributed by atoms with van der Waals surface area (Å²) in [5.41, 5.74) is 8.17. The first kappa shape index (κ1) is 24.4. The number of aromatic hydroxyl groups is 1. The summed E-state index contributed by atoms with van der Waals surface area (Å²) in [5.74, 6) is -7.02. The quantitative estimate of drug-likeness (QED) is 0.185. The standard InChI is InChI=1S/C25H25N5O7/c1-30(2)17-12-7-9-6-10-11(24-28-4-3-5-29-24)8-13(26)18(31)15(10)19(32)14(9)21(34)25(12,37)22(35)16(20(17)33)23(27)36/h3-5,8-9,12,17,31-32,35,37H,6-7,26H2,1-2H3,(H2,27,36)/t9-,12-,17-,25-/m1/s1. The van der Waals surface area contributed by atoms with Crippen molar-refractivity contribution in [3.8, 4) is 17.1 Å². The van der Waals surface area contributed by atoms with Gasteiger partial charge in [0.15, 0.2) is 17.2 Å². The van der Waals surface area contributed by atoms with Crippen LogP contribution in [0.25, 0.3) is 17.1 Å². The second kappa shape index (κ2) is 8.11. The van der Waals surface area contributed by atoms with Crippen LogP contribution in [0, 0.1) is 11.8 Å². The molecule has 3 aliphatic rings. The van der Waals surface area contributed by atoms with Crippen molar-refractivity contribution in [1.82, 2.24) is 14.9 Å². The number of aromatic nitrogens is 2. The molecule has 0 radical (unpaired) electrons. The van der Waals surface area contributed by atoms with Gasteiger partial charge in [-0.25, -0.2) is 9.97 Å². The number of hydrogen-bond donors (Lipinski definition) is 6. The van der Waals surface area contributed by atoms with Gasteiger partial charge in [0.1, 0.15) is 22.8 Å². The maximum atomic E-state index is 13.9. The molecule has 5 rings (SSSR count). The van der Waals surface area contributed by atoms with Crippen LogP contribution in [0.4, 0.5) is 5.69 Å². The Hall–Kier alpha value is -4.29. The second-order valence-electron chi connectivity index (χ2n) is 9.75. The molecule has 192 valence electrons. The van der Waals surface area contributed by atoms with E-state index in [1.54, 1.807) is 20.2 Å². The number of ketones is 2. The SMILES string of the molecule is CN(C)[C@H]1C(=O)C(C(N)=O)=C(O)[C@]2(O)C(=O)C3=C(O)c4c(O)c(N)cc(-c5ncccn5)c4C[C@@H]3C[C@H]12. The summed E-state index contributed by atoms with van der Waals surface area (Å²) in [6, 6.07) is 1.94. The predicted octanol–water partition coefficient (Wildman–Crippen LogP) is 0.00320. The Morgan fingerprint density at radius 1 is 1.16 bits per heavy atom. The van der Waals surface area contributed by atoms with Crippen LogP contribution in [0.15, 0.2) is 41.4 Å². The topological polar surface area (TPSA) is 213 Å². The minimum atomic E-state index is -2.70. The van der Waals surface area contributed by atoms with Crippen molar-refractivity contribution < 1.29 is 34.8 Å². The molecule has 3 aliphatic carbocycles. The van der Waals surface area contributed by atoms with E-state index in [2.05, 4.69) is 9.97 Å². The second-order valence-corrected chi connectivity index (χ2v) is 9.75. The number of anilines is 1. The molecule has 2 aromatic rings. The van der Waals surface area contributed by atoms with E-state index in [1.165, 1.54) is 23.4 Å². The zero-order valence-electron chi connectivity index (χ0n) is 20.0. The fraction of sp³-hybridized carbons (Fsp3) is 0.320. The lowest BCUT2D eigenvalue weighted by molar-refractivity contribution is -0.153. The van der Waals surface area contributed by atoms with Crippen molar-refractivity contribution in [2.24, 2.45) is 17.6 Å². The number of aliphatic hydroxyl groups is 3.